The lowest BCUT2D eigenvalue weighted by atomic mass is 10.1. The predicted octanol–water partition coefficient (Wildman–Crippen LogP) is 2.25. The van der Waals surface area contributed by atoms with E-state index in [1.54, 1.807) is 6.07 Å². The molecule has 1 rings (SSSR count). The van der Waals surface area contributed by atoms with Gasteiger partial charge in [-0.2, -0.15) is 0 Å². The van der Waals surface area contributed by atoms with Crippen LogP contribution in [-0.4, -0.2) is 30.5 Å². The summed E-state index contributed by atoms with van der Waals surface area (Å²) in [5.41, 5.74) is 0.823. The Morgan fingerprint density at radius 2 is 2.22 bits per heavy atom. The minimum atomic E-state index is -0.517. The van der Waals surface area contributed by atoms with Gasteiger partial charge in [0.1, 0.15) is 0 Å². The van der Waals surface area contributed by atoms with E-state index in [-0.39, 0.29) is 11.5 Å². The van der Waals surface area contributed by atoms with Crippen LogP contribution in [0.4, 0.5) is 11.4 Å². The summed E-state index contributed by atoms with van der Waals surface area (Å²) in [6.45, 7) is 4.97. The molecule has 0 aliphatic heterocycles. The van der Waals surface area contributed by atoms with Crippen LogP contribution in [0, 0.1) is 10.1 Å². The Morgan fingerprint density at radius 1 is 1.50 bits per heavy atom. The molecule has 1 aromatic rings. The Balaban J connectivity index is 2.83. The molecule has 0 bridgehead atoms. The van der Waals surface area contributed by atoms with Crippen LogP contribution in [0.5, 0.6) is 0 Å². The first-order valence-corrected chi connectivity index (χ1v) is 5.67. The SMILES string of the molecule is CCOCCNc1ccc([N+](=O)[O-])cc1C(C)=O. The third-order valence-electron chi connectivity index (χ3n) is 2.36. The number of anilines is 1. The smallest absolute Gasteiger partial charge is 0.270 e. The van der Waals surface area contributed by atoms with Gasteiger partial charge in [-0.3, -0.25) is 14.9 Å². The van der Waals surface area contributed by atoms with Crippen LogP contribution in [0.25, 0.3) is 0 Å². The molecule has 0 heterocycles. The average Bonchev–Trinajstić information content (AvgIpc) is 2.34. The molecule has 0 aromatic heterocycles. The summed E-state index contributed by atoms with van der Waals surface area (Å²) < 4.78 is 5.16. The number of benzene rings is 1. The van der Waals surface area contributed by atoms with E-state index in [1.807, 2.05) is 6.92 Å². The molecule has 0 saturated carbocycles. The lowest BCUT2D eigenvalue weighted by Crippen LogP contribution is -2.11. The van der Waals surface area contributed by atoms with Crippen molar-refractivity contribution < 1.29 is 14.5 Å². The standard InChI is InChI=1S/C12H16N2O4/c1-3-18-7-6-13-12-5-4-10(14(16)17)8-11(12)9(2)15/h4-5,8,13H,3,6-7H2,1-2H3. The fourth-order valence-electron chi connectivity index (χ4n) is 1.49. The highest BCUT2D eigenvalue weighted by atomic mass is 16.6. The molecule has 6 heteroatoms. The number of hydrogen-bond acceptors (Lipinski definition) is 5. The summed E-state index contributed by atoms with van der Waals surface area (Å²) in [6.07, 6.45) is 0. The lowest BCUT2D eigenvalue weighted by Gasteiger charge is -2.10. The van der Waals surface area contributed by atoms with Crippen molar-refractivity contribution in [1.82, 2.24) is 0 Å². The third-order valence-corrected chi connectivity index (χ3v) is 2.36. The minimum Gasteiger partial charge on any atom is -0.382 e. The third kappa shape index (κ3) is 3.81. The topological polar surface area (TPSA) is 81.5 Å². The van der Waals surface area contributed by atoms with Crippen molar-refractivity contribution in [3.8, 4) is 0 Å². The van der Waals surface area contributed by atoms with Crippen molar-refractivity contribution in [2.75, 3.05) is 25.1 Å². The second-order valence-corrected chi connectivity index (χ2v) is 3.67. The Bertz CT molecular complexity index is 446. The Hall–Kier alpha value is -1.95. The largest absolute Gasteiger partial charge is 0.382 e. The van der Waals surface area contributed by atoms with Gasteiger partial charge >= 0.3 is 0 Å². The summed E-state index contributed by atoms with van der Waals surface area (Å²) in [7, 11) is 0. The number of hydrogen-bond donors (Lipinski definition) is 1. The number of ether oxygens (including phenoxy) is 1. The number of carbonyl (C=O) groups is 1. The van der Waals surface area contributed by atoms with Gasteiger partial charge in [-0.25, -0.2) is 0 Å². The molecule has 0 fully saturated rings. The predicted molar refractivity (Wildman–Crippen MR) is 68.1 cm³/mol. The highest BCUT2D eigenvalue weighted by molar-refractivity contribution is 6.00. The summed E-state index contributed by atoms with van der Waals surface area (Å²) in [5.74, 6) is -0.211. The van der Waals surface area contributed by atoms with Gasteiger partial charge < -0.3 is 10.1 Å². The fourth-order valence-corrected chi connectivity index (χ4v) is 1.49. The molecular weight excluding hydrogens is 236 g/mol. The zero-order valence-electron chi connectivity index (χ0n) is 10.4. The number of rotatable bonds is 7. The van der Waals surface area contributed by atoms with Crippen LogP contribution in [0.1, 0.15) is 24.2 Å². The van der Waals surface area contributed by atoms with Crippen molar-refractivity contribution in [2.45, 2.75) is 13.8 Å². The van der Waals surface area contributed by atoms with E-state index in [2.05, 4.69) is 5.32 Å². The summed E-state index contributed by atoms with van der Waals surface area (Å²) in [5, 5.41) is 13.7. The molecule has 0 amide bonds. The van der Waals surface area contributed by atoms with Crippen molar-refractivity contribution in [3.63, 3.8) is 0 Å². The van der Waals surface area contributed by atoms with Crippen LogP contribution in [0.3, 0.4) is 0 Å². The molecule has 1 aromatic carbocycles. The molecule has 98 valence electrons. The number of nitrogens with one attached hydrogen (secondary N) is 1. The van der Waals surface area contributed by atoms with E-state index in [1.165, 1.54) is 19.1 Å². The van der Waals surface area contributed by atoms with E-state index in [0.717, 1.165) is 0 Å². The van der Waals surface area contributed by atoms with Gasteiger partial charge in [-0.15, -0.1) is 0 Å². The van der Waals surface area contributed by atoms with Crippen molar-refractivity contribution in [1.29, 1.82) is 0 Å². The number of Topliss-reactive ketones (excluding diaryl/α,β-unsaturated/α-hetero) is 1. The number of carbonyl (C=O) groups excluding carboxylic acids is 1. The fraction of sp³-hybridized carbons (Fsp3) is 0.417. The van der Waals surface area contributed by atoms with Crippen LogP contribution in [0.15, 0.2) is 18.2 Å². The van der Waals surface area contributed by atoms with E-state index >= 15 is 0 Å². The average molecular weight is 252 g/mol. The van der Waals surface area contributed by atoms with Crippen molar-refractivity contribution in [3.05, 3.63) is 33.9 Å². The van der Waals surface area contributed by atoms with Crippen molar-refractivity contribution >= 4 is 17.2 Å². The number of nitro groups is 1. The molecule has 1 N–H and O–H groups in total. The van der Waals surface area contributed by atoms with E-state index in [0.29, 0.717) is 31.0 Å². The summed E-state index contributed by atoms with van der Waals surface area (Å²) in [6, 6.07) is 4.20. The maximum atomic E-state index is 11.4. The van der Waals surface area contributed by atoms with Crippen LogP contribution in [-0.2, 0) is 4.74 Å². The van der Waals surface area contributed by atoms with Gasteiger partial charge in [-0.1, -0.05) is 0 Å². The number of nitro benzene ring substituents is 1. The van der Waals surface area contributed by atoms with E-state index in [4.69, 9.17) is 4.74 Å². The Kier molecular flexibility index (Phi) is 5.26. The lowest BCUT2D eigenvalue weighted by molar-refractivity contribution is -0.384. The molecule has 0 saturated heterocycles. The summed E-state index contributed by atoms with van der Waals surface area (Å²) >= 11 is 0. The molecule has 0 unspecified atom stereocenters. The Labute approximate surface area is 105 Å². The molecule has 18 heavy (non-hydrogen) atoms. The second-order valence-electron chi connectivity index (χ2n) is 3.67. The number of ketones is 1. The summed E-state index contributed by atoms with van der Waals surface area (Å²) in [4.78, 5) is 21.6. The van der Waals surface area contributed by atoms with Gasteiger partial charge in [0.15, 0.2) is 5.78 Å². The quantitative estimate of drug-likeness (QED) is 0.348. The molecule has 0 radical (unpaired) electrons. The number of nitrogens with zero attached hydrogens (tertiary/aromatic N) is 1. The first kappa shape index (κ1) is 14.1. The molecular formula is C12H16N2O4. The maximum absolute atomic E-state index is 11.4. The van der Waals surface area contributed by atoms with Crippen molar-refractivity contribution in [2.24, 2.45) is 0 Å². The highest BCUT2D eigenvalue weighted by Crippen LogP contribution is 2.22. The zero-order valence-corrected chi connectivity index (χ0v) is 10.4. The zero-order chi connectivity index (χ0) is 13.5. The monoisotopic (exact) mass is 252 g/mol. The minimum absolute atomic E-state index is 0.0874. The Morgan fingerprint density at radius 3 is 2.78 bits per heavy atom. The molecule has 0 atom stereocenters. The van der Waals surface area contributed by atoms with Crippen LogP contribution in [0.2, 0.25) is 0 Å². The highest BCUT2D eigenvalue weighted by Gasteiger charge is 2.13. The van der Waals surface area contributed by atoms with Gasteiger partial charge in [0.05, 0.1) is 11.5 Å². The number of non-ortho nitro benzene ring substituents is 1. The normalized spacial score (nSPS) is 10.1. The maximum Gasteiger partial charge on any atom is 0.270 e. The molecule has 0 spiro atoms. The molecule has 6 nitrogen and oxygen atoms in total. The van der Waals surface area contributed by atoms with Gasteiger partial charge in [0.2, 0.25) is 0 Å². The second kappa shape index (κ2) is 6.70. The first-order chi connectivity index (χ1) is 8.56. The van der Waals surface area contributed by atoms with E-state index in [9.17, 15) is 14.9 Å². The van der Waals surface area contributed by atoms with Gasteiger partial charge in [0.25, 0.3) is 5.69 Å². The van der Waals surface area contributed by atoms with Gasteiger partial charge in [0, 0.05) is 36.5 Å². The first-order valence-electron chi connectivity index (χ1n) is 5.67. The van der Waals surface area contributed by atoms with E-state index < -0.39 is 4.92 Å². The van der Waals surface area contributed by atoms with Gasteiger partial charge in [-0.05, 0) is 19.9 Å². The molecule has 0 aliphatic carbocycles. The molecule has 0 aliphatic rings. The van der Waals surface area contributed by atoms with Crippen LogP contribution >= 0.6 is 0 Å². The van der Waals surface area contributed by atoms with Crippen LogP contribution < -0.4 is 5.32 Å².